The third-order valence-electron chi connectivity index (χ3n) is 4.00. The van der Waals surface area contributed by atoms with Crippen LogP contribution in [0.2, 0.25) is 0 Å². The Labute approximate surface area is 113 Å². The summed E-state index contributed by atoms with van der Waals surface area (Å²) in [7, 11) is 0. The monoisotopic (exact) mass is 269 g/mol. The van der Waals surface area contributed by atoms with Gasteiger partial charge in [0, 0.05) is 18.5 Å². The lowest BCUT2D eigenvalue weighted by molar-refractivity contribution is -0.139. The van der Waals surface area contributed by atoms with E-state index in [4.69, 9.17) is 9.84 Å². The van der Waals surface area contributed by atoms with Gasteiger partial charge in [-0.2, -0.15) is 0 Å². The molecule has 0 aromatic rings. The molecule has 5 nitrogen and oxygen atoms in total. The summed E-state index contributed by atoms with van der Waals surface area (Å²) in [6.07, 6.45) is 3.20. The first-order valence-electron chi connectivity index (χ1n) is 6.94. The molecule has 2 aliphatic rings. The van der Waals surface area contributed by atoms with Crippen molar-refractivity contribution in [2.24, 2.45) is 11.3 Å². The molecule has 108 valence electrons. The second-order valence-corrected chi connectivity index (χ2v) is 6.82. The Kier molecular flexibility index (Phi) is 3.49. The molecule has 0 aromatic heterocycles. The molecule has 2 unspecified atom stereocenters. The molecular formula is C14H23NO4. The van der Waals surface area contributed by atoms with Crippen molar-refractivity contribution < 1.29 is 19.4 Å². The highest BCUT2D eigenvalue weighted by molar-refractivity contribution is 5.75. The van der Waals surface area contributed by atoms with Crippen LogP contribution in [0.4, 0.5) is 4.79 Å². The van der Waals surface area contributed by atoms with E-state index in [0.717, 1.165) is 19.3 Å². The van der Waals surface area contributed by atoms with Gasteiger partial charge in [-0.05, 0) is 40.0 Å². The molecule has 1 aliphatic carbocycles. The van der Waals surface area contributed by atoms with E-state index in [1.165, 1.54) is 0 Å². The van der Waals surface area contributed by atoms with Gasteiger partial charge in [0.25, 0.3) is 0 Å². The number of ether oxygens (including phenoxy) is 1. The minimum atomic E-state index is -0.731. The molecule has 19 heavy (non-hydrogen) atoms. The van der Waals surface area contributed by atoms with Crippen LogP contribution in [0.25, 0.3) is 0 Å². The van der Waals surface area contributed by atoms with Crippen LogP contribution in [0.5, 0.6) is 0 Å². The number of carbonyl (C=O) groups excluding carboxylic acids is 1. The fraction of sp³-hybridized carbons (Fsp3) is 0.857. The van der Waals surface area contributed by atoms with E-state index in [2.05, 4.69) is 0 Å². The van der Waals surface area contributed by atoms with Crippen molar-refractivity contribution in [2.75, 3.05) is 13.1 Å². The number of carboxylic acid groups (broad SMARTS) is 1. The second-order valence-electron chi connectivity index (χ2n) is 6.82. The molecule has 2 atom stereocenters. The van der Waals surface area contributed by atoms with Crippen LogP contribution in [0.1, 0.15) is 46.5 Å². The second kappa shape index (κ2) is 4.69. The first-order chi connectivity index (χ1) is 8.73. The Morgan fingerprint density at radius 1 is 1.32 bits per heavy atom. The first-order valence-corrected chi connectivity index (χ1v) is 6.94. The molecule has 1 heterocycles. The molecule has 1 aliphatic heterocycles. The van der Waals surface area contributed by atoms with E-state index < -0.39 is 11.6 Å². The number of carboxylic acids is 1. The zero-order valence-electron chi connectivity index (χ0n) is 11.9. The molecule has 1 saturated carbocycles. The van der Waals surface area contributed by atoms with Crippen molar-refractivity contribution >= 4 is 12.1 Å². The number of hydrogen-bond acceptors (Lipinski definition) is 3. The number of carbonyl (C=O) groups is 2. The van der Waals surface area contributed by atoms with Gasteiger partial charge < -0.3 is 14.7 Å². The zero-order valence-corrected chi connectivity index (χ0v) is 11.9. The number of hydrogen-bond donors (Lipinski definition) is 1. The van der Waals surface area contributed by atoms with Crippen LogP contribution in [-0.2, 0) is 9.53 Å². The van der Waals surface area contributed by atoms with Crippen molar-refractivity contribution in [1.29, 1.82) is 0 Å². The lowest BCUT2D eigenvalue weighted by Crippen LogP contribution is -2.40. The molecule has 1 spiro atoms. The van der Waals surface area contributed by atoms with Gasteiger partial charge in [-0.3, -0.25) is 4.79 Å². The van der Waals surface area contributed by atoms with Crippen molar-refractivity contribution in [3.63, 3.8) is 0 Å². The third kappa shape index (κ3) is 3.19. The summed E-state index contributed by atoms with van der Waals surface area (Å²) >= 11 is 0. The predicted molar refractivity (Wildman–Crippen MR) is 69.8 cm³/mol. The molecule has 0 bridgehead atoms. The van der Waals surface area contributed by atoms with Crippen molar-refractivity contribution in [3.05, 3.63) is 0 Å². The topological polar surface area (TPSA) is 66.8 Å². The van der Waals surface area contributed by atoms with Gasteiger partial charge in [0.2, 0.25) is 0 Å². The Bertz CT molecular complexity index is 387. The summed E-state index contributed by atoms with van der Waals surface area (Å²) in [5.74, 6) is -1.01. The van der Waals surface area contributed by atoms with Crippen LogP contribution in [0.3, 0.4) is 0 Å². The van der Waals surface area contributed by atoms with Crippen LogP contribution in [0, 0.1) is 11.3 Å². The van der Waals surface area contributed by atoms with E-state index >= 15 is 0 Å². The fourth-order valence-electron chi connectivity index (χ4n) is 2.95. The smallest absolute Gasteiger partial charge is 0.410 e. The van der Waals surface area contributed by atoms with Gasteiger partial charge in [0.1, 0.15) is 5.60 Å². The Hall–Kier alpha value is -1.26. The maximum Gasteiger partial charge on any atom is 0.410 e. The highest BCUT2D eigenvalue weighted by Gasteiger charge is 2.59. The van der Waals surface area contributed by atoms with Gasteiger partial charge >= 0.3 is 12.1 Å². The summed E-state index contributed by atoms with van der Waals surface area (Å²) < 4.78 is 5.39. The first kappa shape index (κ1) is 14.2. The summed E-state index contributed by atoms with van der Waals surface area (Å²) in [6, 6.07) is 0. The average Bonchev–Trinajstić information content (AvgIpc) is 2.99. The standard InChI is InChI=1S/C14H23NO4/c1-13(2,3)19-12(18)15-7-5-4-6-14(9-15)8-10(14)11(16)17/h10H,4-9H2,1-3H3,(H,16,17). The van der Waals surface area contributed by atoms with Gasteiger partial charge in [-0.25, -0.2) is 4.79 Å². The third-order valence-corrected chi connectivity index (χ3v) is 4.00. The van der Waals surface area contributed by atoms with E-state index in [1.807, 2.05) is 20.8 Å². The average molecular weight is 269 g/mol. The lowest BCUT2D eigenvalue weighted by Gasteiger charge is -2.28. The van der Waals surface area contributed by atoms with Crippen LogP contribution in [-0.4, -0.2) is 40.8 Å². The molecule has 1 amide bonds. The number of amides is 1. The molecule has 1 saturated heterocycles. The molecule has 2 fully saturated rings. The van der Waals surface area contributed by atoms with E-state index in [9.17, 15) is 9.59 Å². The van der Waals surface area contributed by atoms with E-state index in [-0.39, 0.29) is 17.4 Å². The zero-order chi connectivity index (χ0) is 14.3. The summed E-state index contributed by atoms with van der Waals surface area (Å²) in [4.78, 5) is 24.9. The summed E-state index contributed by atoms with van der Waals surface area (Å²) in [6.45, 7) is 6.73. The molecule has 2 rings (SSSR count). The predicted octanol–water partition coefficient (Wildman–Crippen LogP) is 2.50. The van der Waals surface area contributed by atoms with Crippen molar-refractivity contribution in [3.8, 4) is 0 Å². The van der Waals surface area contributed by atoms with E-state index in [0.29, 0.717) is 19.5 Å². The van der Waals surface area contributed by atoms with Crippen molar-refractivity contribution in [1.82, 2.24) is 4.90 Å². The number of aliphatic carboxylic acids is 1. The Balaban J connectivity index is 2.02. The SMILES string of the molecule is CC(C)(C)OC(=O)N1CCCCC2(CC2C(=O)O)C1. The van der Waals surface area contributed by atoms with Gasteiger partial charge in [0.05, 0.1) is 5.92 Å². The highest BCUT2D eigenvalue weighted by Crippen LogP contribution is 2.57. The van der Waals surface area contributed by atoms with Crippen LogP contribution in [0.15, 0.2) is 0 Å². The fourth-order valence-corrected chi connectivity index (χ4v) is 2.95. The minimum Gasteiger partial charge on any atom is -0.481 e. The molecule has 0 radical (unpaired) electrons. The molecule has 5 heteroatoms. The van der Waals surface area contributed by atoms with Gasteiger partial charge in [0.15, 0.2) is 0 Å². The maximum atomic E-state index is 12.1. The summed E-state index contributed by atoms with van der Waals surface area (Å²) in [5.41, 5.74) is -0.703. The van der Waals surface area contributed by atoms with Gasteiger partial charge in [-0.1, -0.05) is 6.42 Å². The molecule has 1 N–H and O–H groups in total. The molecular weight excluding hydrogens is 246 g/mol. The van der Waals surface area contributed by atoms with Crippen LogP contribution >= 0.6 is 0 Å². The highest BCUT2D eigenvalue weighted by atomic mass is 16.6. The number of nitrogens with zero attached hydrogens (tertiary/aromatic N) is 1. The normalized spacial score (nSPS) is 30.9. The van der Waals surface area contributed by atoms with Gasteiger partial charge in [-0.15, -0.1) is 0 Å². The maximum absolute atomic E-state index is 12.1. The summed E-state index contributed by atoms with van der Waals surface area (Å²) in [5, 5.41) is 9.14. The minimum absolute atomic E-state index is 0.195. The Morgan fingerprint density at radius 3 is 2.53 bits per heavy atom. The molecule has 0 aromatic carbocycles. The number of likely N-dealkylation sites (tertiary alicyclic amines) is 1. The largest absolute Gasteiger partial charge is 0.481 e. The number of rotatable bonds is 1. The Morgan fingerprint density at radius 2 is 2.00 bits per heavy atom. The van der Waals surface area contributed by atoms with E-state index in [1.54, 1.807) is 4.90 Å². The lowest BCUT2D eigenvalue weighted by atomic mass is 9.97. The van der Waals surface area contributed by atoms with Crippen LogP contribution < -0.4 is 0 Å². The van der Waals surface area contributed by atoms with Crippen molar-refractivity contribution in [2.45, 2.75) is 52.1 Å². The quantitative estimate of drug-likeness (QED) is 0.794.